The highest BCUT2D eigenvalue weighted by molar-refractivity contribution is 6.09. The molecule has 1 saturated carbocycles. The van der Waals surface area contributed by atoms with Crippen molar-refractivity contribution < 1.29 is 4.79 Å². The van der Waals surface area contributed by atoms with E-state index >= 15 is 0 Å². The summed E-state index contributed by atoms with van der Waals surface area (Å²) < 4.78 is 0. The molecule has 0 radical (unpaired) electrons. The van der Waals surface area contributed by atoms with Crippen LogP contribution in [0.4, 0.5) is 10.5 Å². The zero-order valence-electron chi connectivity index (χ0n) is 15.2. The van der Waals surface area contributed by atoms with Gasteiger partial charge < -0.3 is 20.5 Å². The molecule has 27 heavy (non-hydrogen) atoms. The number of piperidine rings is 1. The fraction of sp³-hybridized carbons (Fsp3) is 0.450. The normalized spacial score (nSPS) is 18.1. The highest BCUT2D eigenvalue weighted by Gasteiger charge is 2.25. The Hall–Kier alpha value is -2.83. The van der Waals surface area contributed by atoms with Crippen molar-refractivity contribution in [3.8, 4) is 0 Å². The fourth-order valence-electron chi connectivity index (χ4n) is 3.96. The molecule has 7 heteroatoms. The second-order valence-corrected chi connectivity index (χ2v) is 7.65. The van der Waals surface area contributed by atoms with Crippen LogP contribution in [0.3, 0.4) is 0 Å². The van der Waals surface area contributed by atoms with E-state index in [4.69, 9.17) is 0 Å². The Balaban J connectivity index is 1.29. The first-order valence-corrected chi connectivity index (χ1v) is 9.78. The summed E-state index contributed by atoms with van der Waals surface area (Å²) in [5.74, 6) is 0.706. The predicted molar refractivity (Wildman–Crippen MR) is 106 cm³/mol. The van der Waals surface area contributed by atoms with Crippen LogP contribution in [-0.2, 0) is 0 Å². The number of nitrogens with one attached hydrogen (secondary N) is 3. The number of pyridine rings is 2. The van der Waals surface area contributed by atoms with E-state index in [1.807, 2.05) is 18.6 Å². The molecule has 2 aliphatic rings. The number of rotatable bonds is 4. The van der Waals surface area contributed by atoms with E-state index in [9.17, 15) is 4.79 Å². The van der Waals surface area contributed by atoms with Crippen molar-refractivity contribution in [1.82, 2.24) is 25.6 Å². The van der Waals surface area contributed by atoms with E-state index in [1.54, 1.807) is 0 Å². The Morgan fingerprint density at radius 2 is 2.04 bits per heavy atom. The molecule has 3 N–H and O–H groups in total. The van der Waals surface area contributed by atoms with Gasteiger partial charge in [0.05, 0.1) is 11.7 Å². The number of hydrogen-bond donors (Lipinski definition) is 3. The molecule has 3 aromatic rings. The summed E-state index contributed by atoms with van der Waals surface area (Å²) in [5, 5.41) is 8.38. The van der Waals surface area contributed by atoms with Crippen LogP contribution in [0.2, 0.25) is 0 Å². The molecule has 0 unspecified atom stereocenters. The standard InChI is InChI=1S/C20H24N6O/c27-20(24-11-13-1-2-13)25-14-5-9-26(10-6-14)17-4-8-21-16-12-23-19-15(18(16)17)3-7-22-19/h3-4,7-8,12-14H,1-2,5-6,9-11H2,(H,22,23)(H2,24,25,27). The van der Waals surface area contributed by atoms with Crippen LogP contribution < -0.4 is 15.5 Å². The van der Waals surface area contributed by atoms with Gasteiger partial charge in [0.15, 0.2) is 0 Å². The zero-order chi connectivity index (χ0) is 18.2. The molecule has 5 rings (SSSR count). The van der Waals surface area contributed by atoms with Gasteiger partial charge in [0.25, 0.3) is 0 Å². The van der Waals surface area contributed by atoms with Crippen molar-refractivity contribution in [2.24, 2.45) is 5.92 Å². The number of carbonyl (C=O) groups is 1. The Morgan fingerprint density at radius 3 is 2.85 bits per heavy atom. The van der Waals surface area contributed by atoms with Gasteiger partial charge in [0.2, 0.25) is 0 Å². The predicted octanol–water partition coefficient (Wildman–Crippen LogP) is 2.79. The van der Waals surface area contributed by atoms with Gasteiger partial charge in [-0.15, -0.1) is 0 Å². The zero-order valence-corrected chi connectivity index (χ0v) is 15.2. The monoisotopic (exact) mass is 364 g/mol. The van der Waals surface area contributed by atoms with Gasteiger partial charge in [-0.25, -0.2) is 9.78 Å². The van der Waals surface area contributed by atoms with Crippen molar-refractivity contribution in [1.29, 1.82) is 0 Å². The lowest BCUT2D eigenvalue weighted by molar-refractivity contribution is 0.234. The fourth-order valence-corrected chi connectivity index (χ4v) is 3.96. The third-order valence-electron chi connectivity index (χ3n) is 5.69. The van der Waals surface area contributed by atoms with Gasteiger partial charge in [-0.3, -0.25) is 4.98 Å². The molecule has 2 fully saturated rings. The first-order valence-electron chi connectivity index (χ1n) is 9.78. The van der Waals surface area contributed by atoms with Gasteiger partial charge in [-0.2, -0.15) is 0 Å². The molecule has 0 aromatic carbocycles. The summed E-state index contributed by atoms with van der Waals surface area (Å²) in [6.07, 6.45) is 10.0. The van der Waals surface area contributed by atoms with E-state index in [1.165, 1.54) is 18.5 Å². The molecular weight excluding hydrogens is 340 g/mol. The number of amides is 2. The molecule has 3 aromatic heterocycles. The number of H-pyrrole nitrogens is 1. The lowest BCUT2D eigenvalue weighted by atomic mass is 10.0. The number of anilines is 1. The Morgan fingerprint density at radius 1 is 1.19 bits per heavy atom. The molecule has 0 atom stereocenters. The number of hydrogen-bond acceptors (Lipinski definition) is 4. The number of aromatic nitrogens is 3. The van der Waals surface area contributed by atoms with Gasteiger partial charge in [-0.05, 0) is 43.7 Å². The molecule has 7 nitrogen and oxygen atoms in total. The topological polar surface area (TPSA) is 85.9 Å². The van der Waals surface area contributed by atoms with Gasteiger partial charge in [0, 0.05) is 54.5 Å². The van der Waals surface area contributed by atoms with Crippen LogP contribution in [0, 0.1) is 5.92 Å². The number of nitrogens with zero attached hydrogens (tertiary/aromatic N) is 3. The molecule has 1 aliphatic heterocycles. The lowest BCUT2D eigenvalue weighted by Gasteiger charge is -2.34. The minimum absolute atomic E-state index is 0.0187. The highest BCUT2D eigenvalue weighted by Crippen LogP contribution is 2.32. The van der Waals surface area contributed by atoms with Crippen molar-refractivity contribution in [3.05, 3.63) is 30.7 Å². The number of carbonyl (C=O) groups excluding carboxylic acids is 1. The molecule has 1 aliphatic carbocycles. The SMILES string of the molecule is O=C(NCC1CC1)NC1CCN(c2ccnc3cnc4[nH]ccc4c23)CC1. The van der Waals surface area contributed by atoms with Crippen LogP contribution in [0.1, 0.15) is 25.7 Å². The molecule has 1 saturated heterocycles. The quantitative estimate of drug-likeness (QED) is 0.664. The van der Waals surface area contributed by atoms with Crippen molar-refractivity contribution in [3.63, 3.8) is 0 Å². The maximum absolute atomic E-state index is 12.0. The molecular formula is C20H24N6O. The van der Waals surface area contributed by atoms with E-state index in [0.717, 1.165) is 54.4 Å². The molecule has 0 bridgehead atoms. The average molecular weight is 364 g/mol. The molecule has 0 spiro atoms. The van der Waals surface area contributed by atoms with Crippen LogP contribution >= 0.6 is 0 Å². The van der Waals surface area contributed by atoms with E-state index in [2.05, 4.69) is 42.6 Å². The number of fused-ring (bicyclic) bond motifs is 3. The summed E-state index contributed by atoms with van der Waals surface area (Å²) in [5.41, 5.74) is 3.00. The highest BCUT2D eigenvalue weighted by atomic mass is 16.2. The first kappa shape index (κ1) is 16.4. The number of aromatic amines is 1. The molecule has 2 amide bonds. The van der Waals surface area contributed by atoms with Crippen LogP contribution in [0.15, 0.2) is 30.7 Å². The maximum atomic E-state index is 12.0. The third kappa shape index (κ3) is 3.29. The van der Waals surface area contributed by atoms with E-state index < -0.39 is 0 Å². The summed E-state index contributed by atoms with van der Waals surface area (Å²) in [7, 11) is 0. The summed E-state index contributed by atoms with van der Waals surface area (Å²) in [6.45, 7) is 2.65. The van der Waals surface area contributed by atoms with Crippen molar-refractivity contribution >= 4 is 33.7 Å². The van der Waals surface area contributed by atoms with Crippen LogP contribution in [0.25, 0.3) is 21.9 Å². The summed E-state index contributed by atoms with van der Waals surface area (Å²) in [6, 6.07) is 4.37. The summed E-state index contributed by atoms with van der Waals surface area (Å²) >= 11 is 0. The second-order valence-electron chi connectivity index (χ2n) is 7.65. The Bertz CT molecular complexity index is 971. The van der Waals surface area contributed by atoms with E-state index in [0.29, 0.717) is 5.92 Å². The maximum Gasteiger partial charge on any atom is 0.315 e. The minimum Gasteiger partial charge on any atom is -0.371 e. The minimum atomic E-state index is -0.0187. The average Bonchev–Trinajstić information content (AvgIpc) is 3.40. The largest absolute Gasteiger partial charge is 0.371 e. The van der Waals surface area contributed by atoms with E-state index in [-0.39, 0.29) is 12.1 Å². The number of urea groups is 1. The van der Waals surface area contributed by atoms with Crippen LogP contribution in [-0.4, -0.2) is 46.7 Å². The lowest BCUT2D eigenvalue weighted by Crippen LogP contribution is -2.48. The van der Waals surface area contributed by atoms with Gasteiger partial charge in [-0.1, -0.05) is 0 Å². The van der Waals surface area contributed by atoms with Crippen LogP contribution in [0.5, 0.6) is 0 Å². The summed E-state index contributed by atoms with van der Waals surface area (Å²) in [4.78, 5) is 26.6. The smallest absolute Gasteiger partial charge is 0.315 e. The van der Waals surface area contributed by atoms with Crippen molar-refractivity contribution in [2.45, 2.75) is 31.7 Å². The molecule has 140 valence electrons. The molecule has 4 heterocycles. The van der Waals surface area contributed by atoms with Gasteiger partial charge >= 0.3 is 6.03 Å². The third-order valence-corrected chi connectivity index (χ3v) is 5.69. The second kappa shape index (κ2) is 6.72. The Kier molecular flexibility index (Phi) is 4.07. The van der Waals surface area contributed by atoms with Crippen molar-refractivity contribution in [2.75, 3.05) is 24.5 Å². The Labute approximate surface area is 157 Å². The first-order chi connectivity index (χ1) is 13.3. The van der Waals surface area contributed by atoms with Gasteiger partial charge in [0.1, 0.15) is 5.65 Å².